The van der Waals surface area contributed by atoms with E-state index < -0.39 is 10.1 Å². The Balaban J connectivity index is 0.000000393. The molecule has 0 amide bonds. The van der Waals surface area contributed by atoms with Gasteiger partial charge in [0.05, 0.1) is 30.3 Å². The van der Waals surface area contributed by atoms with Crippen LogP contribution in [0.2, 0.25) is 0 Å². The first-order valence-electron chi connectivity index (χ1n) is 11.0. The minimum atomic E-state index is -3.92. The Morgan fingerprint density at radius 3 is 2.22 bits per heavy atom. The van der Waals surface area contributed by atoms with Crippen molar-refractivity contribution in [3.8, 4) is 0 Å². The van der Waals surface area contributed by atoms with E-state index >= 15 is 0 Å². The Morgan fingerprint density at radius 1 is 1.00 bits per heavy atom. The zero-order chi connectivity index (χ0) is 22.7. The van der Waals surface area contributed by atoms with Gasteiger partial charge >= 0.3 is 0 Å². The van der Waals surface area contributed by atoms with Crippen LogP contribution in [-0.4, -0.2) is 68.2 Å². The monoisotopic (exact) mass is 475 g/mol. The molecule has 32 heavy (non-hydrogen) atoms. The van der Waals surface area contributed by atoms with Crippen LogP contribution in [0.3, 0.4) is 0 Å². The van der Waals surface area contributed by atoms with E-state index in [-0.39, 0.29) is 6.10 Å². The number of thioether (sulfide) groups is 1. The number of quaternary nitrogens is 1. The zero-order valence-electron chi connectivity index (χ0n) is 18.5. The number of epoxide rings is 1. The van der Waals surface area contributed by atoms with Gasteiger partial charge in [0.1, 0.15) is 30.4 Å². The molecule has 4 aliphatic heterocycles. The van der Waals surface area contributed by atoms with Crippen molar-refractivity contribution < 1.29 is 26.9 Å². The molecule has 0 N–H and O–H groups in total. The molecule has 0 saturated carbocycles. The van der Waals surface area contributed by atoms with E-state index in [4.69, 9.17) is 22.4 Å². The molecule has 0 spiro atoms. The first-order chi connectivity index (χ1) is 15.1. The molecule has 6 rings (SSSR count). The molecule has 1 unspecified atom stereocenters. The predicted molar refractivity (Wildman–Crippen MR) is 122 cm³/mol. The van der Waals surface area contributed by atoms with Gasteiger partial charge in [0.2, 0.25) is 0 Å². The summed E-state index contributed by atoms with van der Waals surface area (Å²) < 4.78 is 41.2. The van der Waals surface area contributed by atoms with Gasteiger partial charge in [0.25, 0.3) is 0 Å². The van der Waals surface area contributed by atoms with Crippen LogP contribution in [0.1, 0.15) is 35.6 Å². The lowest BCUT2D eigenvalue weighted by molar-refractivity contribution is -0.938. The highest BCUT2D eigenvalue weighted by Crippen LogP contribution is 2.53. The van der Waals surface area contributed by atoms with Crippen molar-refractivity contribution in [3.63, 3.8) is 0 Å². The van der Waals surface area contributed by atoms with Gasteiger partial charge in [0.15, 0.2) is 0 Å². The second kappa shape index (κ2) is 8.11. The summed E-state index contributed by atoms with van der Waals surface area (Å²) in [4.78, 5) is 1.36. The Hall–Kier alpha value is -1.42. The minimum absolute atomic E-state index is 0.0442. The van der Waals surface area contributed by atoms with Crippen molar-refractivity contribution >= 4 is 21.9 Å². The molecule has 2 bridgehead atoms. The number of nitrogens with zero attached hydrogens (tertiary/aromatic N) is 1. The maximum Gasteiger partial charge on any atom is 0.142 e. The maximum atomic E-state index is 9.08. The number of rotatable bonds is 2. The van der Waals surface area contributed by atoms with Crippen LogP contribution in [0.5, 0.6) is 0 Å². The van der Waals surface area contributed by atoms with Crippen molar-refractivity contribution in [3.05, 3.63) is 65.2 Å². The molecule has 6 nitrogen and oxygen atoms in total. The third-order valence-electron chi connectivity index (χ3n) is 7.29. The summed E-state index contributed by atoms with van der Waals surface area (Å²) in [6.07, 6.45) is 4.13. The second-order valence-electron chi connectivity index (χ2n) is 9.67. The fourth-order valence-corrected chi connectivity index (χ4v) is 6.82. The number of hydrogen-bond acceptors (Lipinski definition) is 6. The lowest BCUT2D eigenvalue weighted by Crippen LogP contribution is -2.59. The summed E-state index contributed by atoms with van der Waals surface area (Å²) in [6, 6.07) is 18.8. The van der Waals surface area contributed by atoms with Crippen LogP contribution in [-0.2, 0) is 25.3 Å². The van der Waals surface area contributed by atoms with Crippen LogP contribution in [0.15, 0.2) is 53.4 Å². The quantitative estimate of drug-likeness (QED) is 0.377. The number of fused-ring (bicyclic) bond motifs is 7. The predicted octanol–water partition coefficient (Wildman–Crippen LogP) is 3.32. The van der Waals surface area contributed by atoms with Crippen molar-refractivity contribution in [1.82, 2.24) is 0 Å². The van der Waals surface area contributed by atoms with Gasteiger partial charge in [-0.1, -0.05) is 42.5 Å². The molecule has 0 radical (unpaired) electrons. The summed E-state index contributed by atoms with van der Waals surface area (Å²) >= 11 is 1.94. The van der Waals surface area contributed by atoms with E-state index in [0.717, 1.165) is 23.1 Å². The molecule has 0 aliphatic carbocycles. The molecule has 0 aromatic heterocycles. The number of ether oxygens (including phenoxy) is 2. The standard InChI is InChI=1S/C23H26NO2S.CH4O3S/c1-24(2)18-11-15(12-19(24)23-22(18)26-23)25-21-16-8-4-3-7-14(16)13-27-20-10-6-5-9-17(20)21;1-5(2,3)4/h3-10,15,18-19,21-23H,11-13H2,1-2H3;1H3,(H,2,3,4)/q+1;/p-1/t15-,18-,19+,21?,22-,23+;. The van der Waals surface area contributed by atoms with Crippen molar-refractivity contribution in [2.24, 2.45) is 0 Å². The highest BCUT2D eigenvalue weighted by Gasteiger charge is 2.70. The first kappa shape index (κ1) is 22.4. The van der Waals surface area contributed by atoms with Crippen LogP contribution in [0.4, 0.5) is 0 Å². The number of morpholine rings is 1. The SMILES string of the molecule is CS(=O)(=O)[O-].C[N+]1(C)[C@@H]2C[C@@H](OC3c4ccccc4CSc4ccccc43)C[C@H]1[C@@H]1O[C@@H]12. The first-order valence-corrected chi connectivity index (χ1v) is 13.8. The fourth-order valence-electron chi connectivity index (χ4n) is 5.73. The molecular formula is C24H29NO5S2. The molecule has 3 saturated heterocycles. The van der Waals surface area contributed by atoms with E-state index in [1.165, 1.54) is 21.6 Å². The van der Waals surface area contributed by atoms with Gasteiger partial charge in [-0.3, -0.25) is 0 Å². The Kier molecular flexibility index (Phi) is 5.67. The molecule has 4 aliphatic rings. The van der Waals surface area contributed by atoms with Crippen LogP contribution in [0, 0.1) is 0 Å². The van der Waals surface area contributed by atoms with Crippen molar-refractivity contribution in [2.75, 3.05) is 20.4 Å². The third kappa shape index (κ3) is 4.24. The lowest BCUT2D eigenvalue weighted by Gasteiger charge is -2.46. The number of piperidine rings is 1. The second-order valence-corrected chi connectivity index (χ2v) is 12.1. The molecule has 4 heterocycles. The topological polar surface area (TPSA) is 79.0 Å². The van der Waals surface area contributed by atoms with Crippen molar-refractivity contribution in [1.29, 1.82) is 0 Å². The molecule has 2 aromatic carbocycles. The molecular weight excluding hydrogens is 446 g/mol. The summed E-state index contributed by atoms with van der Waals surface area (Å²) in [5.41, 5.74) is 4.09. The van der Waals surface area contributed by atoms with E-state index in [2.05, 4.69) is 62.6 Å². The molecule has 6 atom stereocenters. The summed E-state index contributed by atoms with van der Waals surface area (Å²) in [6.45, 7) is 0. The number of hydrogen-bond donors (Lipinski definition) is 0. The lowest BCUT2D eigenvalue weighted by atomic mass is 9.94. The largest absolute Gasteiger partial charge is 0.748 e. The van der Waals surface area contributed by atoms with Gasteiger partial charge in [-0.25, -0.2) is 8.42 Å². The average molecular weight is 476 g/mol. The molecule has 8 heteroatoms. The normalized spacial score (nSPS) is 33.6. The highest BCUT2D eigenvalue weighted by molar-refractivity contribution is 7.98. The van der Waals surface area contributed by atoms with Gasteiger partial charge in [0, 0.05) is 29.7 Å². The molecule has 3 fully saturated rings. The van der Waals surface area contributed by atoms with E-state index in [1.54, 1.807) is 0 Å². The van der Waals surface area contributed by atoms with Gasteiger partial charge in [-0.15, -0.1) is 11.8 Å². The highest BCUT2D eigenvalue weighted by atomic mass is 32.2. The Bertz CT molecular complexity index is 1040. The van der Waals surface area contributed by atoms with Crippen molar-refractivity contribution in [2.45, 2.75) is 60.0 Å². The van der Waals surface area contributed by atoms with E-state index in [1.807, 2.05) is 11.8 Å². The minimum Gasteiger partial charge on any atom is -0.748 e. The number of benzene rings is 2. The summed E-state index contributed by atoms with van der Waals surface area (Å²) in [5.74, 6) is 1.02. The van der Waals surface area contributed by atoms with Crippen LogP contribution < -0.4 is 0 Å². The Labute approximate surface area is 194 Å². The van der Waals surface area contributed by atoms with E-state index in [0.29, 0.717) is 36.7 Å². The summed E-state index contributed by atoms with van der Waals surface area (Å²) in [5, 5.41) is 0. The van der Waals surface area contributed by atoms with Crippen LogP contribution in [0.25, 0.3) is 0 Å². The van der Waals surface area contributed by atoms with Gasteiger partial charge in [-0.2, -0.15) is 0 Å². The third-order valence-corrected chi connectivity index (χ3v) is 8.43. The number of likely N-dealkylation sites (N-methyl/N-ethyl adjacent to an activating group) is 1. The zero-order valence-corrected chi connectivity index (χ0v) is 20.1. The van der Waals surface area contributed by atoms with E-state index in [9.17, 15) is 0 Å². The summed E-state index contributed by atoms with van der Waals surface area (Å²) in [7, 11) is 0.849. The van der Waals surface area contributed by atoms with Crippen LogP contribution >= 0.6 is 11.8 Å². The average Bonchev–Trinajstić information content (AvgIpc) is 3.49. The van der Waals surface area contributed by atoms with Gasteiger partial charge < -0.3 is 18.5 Å². The smallest absolute Gasteiger partial charge is 0.142 e. The molecule has 2 aromatic rings. The molecule has 172 valence electrons. The van der Waals surface area contributed by atoms with Gasteiger partial charge in [-0.05, 0) is 22.8 Å². The Morgan fingerprint density at radius 2 is 1.56 bits per heavy atom. The fraction of sp³-hybridized carbons (Fsp3) is 0.500. The maximum absolute atomic E-state index is 9.08.